The minimum atomic E-state index is -0.415. The standard InChI is InChI=1S/C16H26FN3O/c1-13(15-5-3-4-6-16(15)17)19(2)11-14(21)12-20-9-7-18-8-10-20/h3-6,13-14,18,21H,7-12H2,1-2H3. The summed E-state index contributed by atoms with van der Waals surface area (Å²) in [5.74, 6) is -0.187. The zero-order valence-electron chi connectivity index (χ0n) is 12.9. The Bertz CT molecular complexity index is 437. The summed E-state index contributed by atoms with van der Waals surface area (Å²) < 4.78 is 13.8. The zero-order valence-corrected chi connectivity index (χ0v) is 12.9. The third-order valence-corrected chi connectivity index (χ3v) is 4.19. The number of β-amino-alcohol motifs (C(OH)–C–C–N with tert-alkyl or cyclic N) is 1. The van der Waals surface area contributed by atoms with Crippen LogP contribution in [0, 0.1) is 5.82 Å². The van der Waals surface area contributed by atoms with Crippen molar-refractivity contribution >= 4 is 0 Å². The topological polar surface area (TPSA) is 38.7 Å². The van der Waals surface area contributed by atoms with Gasteiger partial charge in [0.1, 0.15) is 5.82 Å². The van der Waals surface area contributed by atoms with Gasteiger partial charge >= 0.3 is 0 Å². The van der Waals surface area contributed by atoms with Crippen molar-refractivity contribution in [2.75, 3.05) is 46.3 Å². The number of hydrogen-bond donors (Lipinski definition) is 2. The van der Waals surface area contributed by atoms with Crippen molar-refractivity contribution in [2.45, 2.75) is 19.1 Å². The van der Waals surface area contributed by atoms with Crippen LogP contribution in [-0.4, -0.2) is 67.3 Å². The lowest BCUT2D eigenvalue weighted by Gasteiger charge is -2.32. The number of hydrogen-bond acceptors (Lipinski definition) is 4. The summed E-state index contributed by atoms with van der Waals surface area (Å²) in [5.41, 5.74) is 0.675. The van der Waals surface area contributed by atoms with Gasteiger partial charge in [0.25, 0.3) is 0 Å². The first-order valence-corrected chi connectivity index (χ1v) is 7.63. The average Bonchev–Trinajstić information content (AvgIpc) is 2.48. The summed E-state index contributed by atoms with van der Waals surface area (Å²) in [6, 6.07) is 6.78. The van der Waals surface area contributed by atoms with Crippen molar-refractivity contribution in [2.24, 2.45) is 0 Å². The Kier molecular flexibility index (Phi) is 6.11. The number of aliphatic hydroxyl groups is 1. The summed E-state index contributed by atoms with van der Waals surface area (Å²) in [4.78, 5) is 4.27. The normalized spacial score (nSPS) is 19.7. The van der Waals surface area contributed by atoms with Crippen molar-refractivity contribution in [3.63, 3.8) is 0 Å². The van der Waals surface area contributed by atoms with Crippen LogP contribution in [0.15, 0.2) is 24.3 Å². The van der Waals surface area contributed by atoms with E-state index < -0.39 is 6.10 Å². The fourth-order valence-corrected chi connectivity index (χ4v) is 2.79. The number of nitrogens with one attached hydrogen (secondary N) is 1. The second-order valence-corrected chi connectivity index (χ2v) is 5.84. The molecular weight excluding hydrogens is 269 g/mol. The number of likely N-dealkylation sites (N-methyl/N-ethyl adjacent to an activating group) is 1. The van der Waals surface area contributed by atoms with Gasteiger partial charge in [-0.15, -0.1) is 0 Å². The van der Waals surface area contributed by atoms with Crippen LogP contribution in [0.1, 0.15) is 18.5 Å². The van der Waals surface area contributed by atoms with Crippen LogP contribution in [0.2, 0.25) is 0 Å². The molecule has 2 atom stereocenters. The van der Waals surface area contributed by atoms with Crippen LogP contribution in [0.25, 0.3) is 0 Å². The molecule has 2 N–H and O–H groups in total. The largest absolute Gasteiger partial charge is 0.390 e. The van der Waals surface area contributed by atoms with Crippen LogP contribution in [0.5, 0.6) is 0 Å². The molecule has 118 valence electrons. The Labute approximate surface area is 126 Å². The van der Waals surface area contributed by atoms with E-state index in [-0.39, 0.29) is 11.9 Å². The predicted octanol–water partition coefficient (Wildman–Crippen LogP) is 1.08. The lowest BCUT2D eigenvalue weighted by molar-refractivity contribution is 0.0662. The fourth-order valence-electron chi connectivity index (χ4n) is 2.79. The van der Waals surface area contributed by atoms with Crippen LogP contribution >= 0.6 is 0 Å². The molecule has 0 aromatic heterocycles. The van der Waals surface area contributed by atoms with Gasteiger partial charge in [-0.2, -0.15) is 0 Å². The van der Waals surface area contributed by atoms with Gasteiger partial charge < -0.3 is 10.4 Å². The number of nitrogens with zero attached hydrogens (tertiary/aromatic N) is 2. The highest BCUT2D eigenvalue weighted by atomic mass is 19.1. The highest BCUT2D eigenvalue weighted by Gasteiger charge is 2.20. The Morgan fingerprint density at radius 3 is 2.67 bits per heavy atom. The zero-order chi connectivity index (χ0) is 15.2. The van der Waals surface area contributed by atoms with Gasteiger partial charge in [0.15, 0.2) is 0 Å². The van der Waals surface area contributed by atoms with E-state index in [0.717, 1.165) is 26.2 Å². The Morgan fingerprint density at radius 1 is 1.33 bits per heavy atom. The molecule has 0 aliphatic carbocycles. The molecule has 1 saturated heterocycles. The summed E-state index contributed by atoms with van der Waals surface area (Å²) in [7, 11) is 1.93. The molecule has 21 heavy (non-hydrogen) atoms. The number of piperazine rings is 1. The fraction of sp³-hybridized carbons (Fsp3) is 0.625. The molecule has 1 aliphatic rings. The number of halogens is 1. The SMILES string of the molecule is CC(c1ccccc1F)N(C)CC(O)CN1CCNCC1. The van der Waals surface area contributed by atoms with Gasteiger partial charge in [0.2, 0.25) is 0 Å². The van der Waals surface area contributed by atoms with E-state index in [1.807, 2.05) is 24.9 Å². The molecule has 1 aliphatic heterocycles. The lowest BCUT2D eigenvalue weighted by atomic mass is 10.1. The van der Waals surface area contributed by atoms with Crippen molar-refractivity contribution in [1.29, 1.82) is 0 Å². The molecule has 4 nitrogen and oxygen atoms in total. The Morgan fingerprint density at radius 2 is 2.00 bits per heavy atom. The van der Waals surface area contributed by atoms with Gasteiger partial charge in [-0.3, -0.25) is 9.80 Å². The van der Waals surface area contributed by atoms with Gasteiger partial charge in [-0.1, -0.05) is 18.2 Å². The quantitative estimate of drug-likeness (QED) is 0.824. The average molecular weight is 295 g/mol. The molecule has 1 aromatic carbocycles. The highest BCUT2D eigenvalue weighted by Crippen LogP contribution is 2.21. The van der Waals surface area contributed by atoms with E-state index in [9.17, 15) is 9.50 Å². The minimum Gasteiger partial charge on any atom is -0.390 e. The van der Waals surface area contributed by atoms with Gasteiger partial charge in [-0.05, 0) is 20.0 Å². The summed E-state index contributed by atoms with van der Waals surface area (Å²) in [6.45, 7) is 7.10. The number of benzene rings is 1. The monoisotopic (exact) mass is 295 g/mol. The summed E-state index contributed by atoms with van der Waals surface area (Å²) >= 11 is 0. The van der Waals surface area contributed by atoms with E-state index in [2.05, 4.69) is 10.2 Å². The van der Waals surface area contributed by atoms with Crippen LogP contribution in [-0.2, 0) is 0 Å². The molecule has 2 rings (SSSR count). The second-order valence-electron chi connectivity index (χ2n) is 5.84. The molecular formula is C16H26FN3O. The van der Waals surface area contributed by atoms with E-state index >= 15 is 0 Å². The van der Waals surface area contributed by atoms with Crippen LogP contribution in [0.4, 0.5) is 4.39 Å². The van der Waals surface area contributed by atoms with E-state index in [1.54, 1.807) is 12.1 Å². The molecule has 0 saturated carbocycles. The van der Waals surface area contributed by atoms with Crippen molar-refractivity contribution < 1.29 is 9.50 Å². The molecule has 0 bridgehead atoms. The minimum absolute atomic E-state index is 0.0520. The van der Waals surface area contributed by atoms with Crippen LogP contribution < -0.4 is 5.32 Å². The van der Waals surface area contributed by atoms with Crippen molar-refractivity contribution in [3.8, 4) is 0 Å². The third kappa shape index (κ3) is 4.74. The number of rotatable bonds is 6. The molecule has 1 fully saturated rings. The first-order chi connectivity index (χ1) is 10.1. The van der Waals surface area contributed by atoms with E-state index in [1.165, 1.54) is 6.07 Å². The van der Waals surface area contributed by atoms with Gasteiger partial charge in [0.05, 0.1) is 6.10 Å². The summed E-state index contributed by atoms with van der Waals surface area (Å²) in [6.07, 6.45) is -0.415. The van der Waals surface area contributed by atoms with E-state index in [4.69, 9.17) is 0 Å². The third-order valence-electron chi connectivity index (χ3n) is 4.19. The maximum Gasteiger partial charge on any atom is 0.127 e. The van der Waals surface area contributed by atoms with Gasteiger partial charge in [0, 0.05) is 50.9 Å². The molecule has 2 unspecified atom stereocenters. The maximum atomic E-state index is 13.8. The molecule has 0 radical (unpaired) electrons. The second kappa shape index (κ2) is 7.84. The smallest absolute Gasteiger partial charge is 0.127 e. The number of aliphatic hydroxyl groups excluding tert-OH is 1. The van der Waals surface area contributed by atoms with Gasteiger partial charge in [-0.25, -0.2) is 4.39 Å². The Hall–Kier alpha value is -1.01. The first kappa shape index (κ1) is 16.4. The highest BCUT2D eigenvalue weighted by molar-refractivity contribution is 5.20. The molecule has 0 amide bonds. The predicted molar refractivity (Wildman–Crippen MR) is 82.8 cm³/mol. The maximum absolute atomic E-state index is 13.8. The van der Waals surface area contributed by atoms with Crippen molar-refractivity contribution in [3.05, 3.63) is 35.6 Å². The lowest BCUT2D eigenvalue weighted by Crippen LogP contribution is -2.48. The molecule has 1 heterocycles. The van der Waals surface area contributed by atoms with Crippen molar-refractivity contribution in [1.82, 2.24) is 15.1 Å². The Balaban J connectivity index is 1.85. The molecule has 0 spiro atoms. The molecule has 1 aromatic rings. The first-order valence-electron chi connectivity index (χ1n) is 7.63. The summed E-state index contributed by atoms with van der Waals surface area (Å²) in [5, 5.41) is 13.5. The molecule has 5 heteroatoms. The van der Waals surface area contributed by atoms with E-state index in [0.29, 0.717) is 18.7 Å². The van der Waals surface area contributed by atoms with Crippen LogP contribution in [0.3, 0.4) is 0 Å².